The Morgan fingerprint density at radius 1 is 1.69 bits per heavy atom. The number of rotatable bonds is 5. The highest BCUT2D eigenvalue weighted by molar-refractivity contribution is 7.98. The van der Waals surface area contributed by atoms with Crippen molar-refractivity contribution >= 4 is 34.7 Å². The quantitative estimate of drug-likeness (QED) is 0.608. The van der Waals surface area contributed by atoms with E-state index in [0.717, 1.165) is 16.5 Å². The molecule has 0 aliphatic rings. The minimum atomic E-state index is 0.338. The maximum atomic E-state index is 5.83. The minimum absolute atomic E-state index is 0.338. The van der Waals surface area contributed by atoms with E-state index in [4.69, 9.17) is 17.4 Å². The van der Waals surface area contributed by atoms with Crippen LogP contribution in [0.25, 0.3) is 0 Å². The van der Waals surface area contributed by atoms with Gasteiger partial charge in [0.2, 0.25) is 0 Å². The summed E-state index contributed by atoms with van der Waals surface area (Å²) < 4.78 is 0.843. The Morgan fingerprint density at radius 3 is 2.92 bits per heavy atom. The van der Waals surface area contributed by atoms with Gasteiger partial charge < -0.3 is 0 Å². The maximum Gasteiger partial charge on any atom is 0.0931 e. The predicted molar refractivity (Wildman–Crippen MR) is 62.5 cm³/mol. The summed E-state index contributed by atoms with van der Waals surface area (Å²) in [7, 11) is 0. The molecule has 74 valence electrons. The van der Waals surface area contributed by atoms with E-state index in [-0.39, 0.29) is 0 Å². The fraction of sp³-hybridized carbons (Fsp3) is 0.500. The average Bonchev–Trinajstić information content (AvgIpc) is 2.50. The molecule has 0 saturated heterocycles. The van der Waals surface area contributed by atoms with Crippen LogP contribution in [0.2, 0.25) is 4.34 Å². The Hall–Kier alpha value is 0.260. The minimum Gasteiger partial charge on any atom is -0.271 e. The SMILES string of the molecule is CSCC(Cc1ccc(Cl)s1)NN. The van der Waals surface area contributed by atoms with Crippen LogP contribution in [0, 0.1) is 0 Å². The van der Waals surface area contributed by atoms with Crippen LogP contribution in [-0.4, -0.2) is 18.1 Å². The summed E-state index contributed by atoms with van der Waals surface area (Å²) in [5.41, 5.74) is 2.80. The van der Waals surface area contributed by atoms with Crippen LogP contribution in [0.4, 0.5) is 0 Å². The second kappa shape index (κ2) is 5.88. The van der Waals surface area contributed by atoms with Crippen molar-refractivity contribution in [2.24, 2.45) is 5.84 Å². The number of hydrazine groups is 1. The smallest absolute Gasteiger partial charge is 0.0931 e. The molecule has 5 heteroatoms. The van der Waals surface area contributed by atoms with E-state index in [9.17, 15) is 0 Å². The summed E-state index contributed by atoms with van der Waals surface area (Å²) in [6.45, 7) is 0. The summed E-state index contributed by atoms with van der Waals surface area (Å²) >= 11 is 9.23. The lowest BCUT2D eigenvalue weighted by atomic mass is 10.2. The molecule has 1 unspecified atom stereocenters. The topological polar surface area (TPSA) is 38.0 Å². The fourth-order valence-corrected chi connectivity index (χ4v) is 2.86. The molecule has 0 spiro atoms. The van der Waals surface area contributed by atoms with Gasteiger partial charge in [0, 0.05) is 16.7 Å². The molecular formula is C8H13ClN2S2. The lowest BCUT2D eigenvalue weighted by Crippen LogP contribution is -2.38. The highest BCUT2D eigenvalue weighted by atomic mass is 35.5. The summed E-state index contributed by atoms with van der Waals surface area (Å²) in [6, 6.07) is 4.32. The largest absolute Gasteiger partial charge is 0.271 e. The number of nitrogens with one attached hydrogen (secondary N) is 1. The van der Waals surface area contributed by atoms with Crippen LogP contribution in [0.1, 0.15) is 4.88 Å². The Bertz CT molecular complexity index is 252. The van der Waals surface area contributed by atoms with Crippen molar-refractivity contribution < 1.29 is 0 Å². The van der Waals surface area contributed by atoms with Crippen LogP contribution in [-0.2, 0) is 6.42 Å². The maximum absolute atomic E-state index is 5.83. The molecule has 1 rings (SSSR count). The van der Waals surface area contributed by atoms with E-state index in [0.29, 0.717) is 6.04 Å². The molecule has 13 heavy (non-hydrogen) atoms. The summed E-state index contributed by atoms with van der Waals surface area (Å²) in [5.74, 6) is 6.44. The zero-order valence-corrected chi connectivity index (χ0v) is 9.81. The Labute approximate surface area is 91.8 Å². The fourth-order valence-electron chi connectivity index (χ4n) is 1.07. The number of thioether (sulfide) groups is 1. The first kappa shape index (κ1) is 11.3. The molecular weight excluding hydrogens is 224 g/mol. The molecule has 0 radical (unpaired) electrons. The molecule has 0 aliphatic heterocycles. The van der Waals surface area contributed by atoms with Crippen LogP contribution >= 0.6 is 34.7 Å². The number of halogens is 1. The van der Waals surface area contributed by atoms with Gasteiger partial charge in [0.1, 0.15) is 0 Å². The van der Waals surface area contributed by atoms with Gasteiger partial charge in [-0.1, -0.05) is 11.6 Å². The number of nitrogens with two attached hydrogens (primary N) is 1. The van der Waals surface area contributed by atoms with Crippen molar-refractivity contribution in [3.05, 3.63) is 21.3 Å². The van der Waals surface area contributed by atoms with Crippen molar-refractivity contribution in [1.82, 2.24) is 5.43 Å². The van der Waals surface area contributed by atoms with Gasteiger partial charge in [-0.15, -0.1) is 11.3 Å². The zero-order valence-electron chi connectivity index (χ0n) is 7.42. The van der Waals surface area contributed by atoms with Crippen molar-refractivity contribution in [1.29, 1.82) is 0 Å². The van der Waals surface area contributed by atoms with Gasteiger partial charge in [0.25, 0.3) is 0 Å². The van der Waals surface area contributed by atoms with E-state index in [1.54, 1.807) is 23.1 Å². The normalized spacial score (nSPS) is 13.2. The Morgan fingerprint density at radius 2 is 2.46 bits per heavy atom. The van der Waals surface area contributed by atoms with Crippen LogP contribution < -0.4 is 11.3 Å². The predicted octanol–water partition coefficient (Wildman–Crippen LogP) is 2.14. The van der Waals surface area contributed by atoms with E-state index >= 15 is 0 Å². The Balaban J connectivity index is 2.46. The highest BCUT2D eigenvalue weighted by Gasteiger charge is 2.08. The van der Waals surface area contributed by atoms with Crippen molar-refractivity contribution in [3.63, 3.8) is 0 Å². The molecule has 0 bridgehead atoms. The van der Waals surface area contributed by atoms with Gasteiger partial charge in [-0.2, -0.15) is 11.8 Å². The van der Waals surface area contributed by atoms with Crippen LogP contribution in [0.3, 0.4) is 0 Å². The summed E-state index contributed by atoms with van der Waals surface area (Å²) in [4.78, 5) is 1.28. The highest BCUT2D eigenvalue weighted by Crippen LogP contribution is 2.22. The molecule has 2 nitrogen and oxygen atoms in total. The van der Waals surface area contributed by atoms with Gasteiger partial charge in [0.05, 0.1) is 4.34 Å². The van der Waals surface area contributed by atoms with Crippen molar-refractivity contribution in [2.45, 2.75) is 12.5 Å². The molecule has 1 atom stereocenters. The standard InChI is InChI=1S/C8H13ClN2S2/c1-12-5-6(11-10)4-7-2-3-8(9)13-7/h2-3,6,11H,4-5,10H2,1H3. The molecule has 0 aliphatic carbocycles. The number of thiophene rings is 1. The van der Waals surface area contributed by atoms with Gasteiger partial charge in [-0.3, -0.25) is 11.3 Å². The van der Waals surface area contributed by atoms with E-state index in [2.05, 4.69) is 17.7 Å². The van der Waals surface area contributed by atoms with Crippen LogP contribution in [0.5, 0.6) is 0 Å². The molecule has 1 aromatic heterocycles. The van der Waals surface area contributed by atoms with Gasteiger partial charge in [-0.25, -0.2) is 0 Å². The first-order valence-electron chi connectivity index (χ1n) is 3.95. The molecule has 0 fully saturated rings. The van der Waals surface area contributed by atoms with E-state index in [1.807, 2.05) is 6.07 Å². The van der Waals surface area contributed by atoms with Gasteiger partial charge in [-0.05, 0) is 24.8 Å². The molecule has 0 aromatic carbocycles. The average molecular weight is 237 g/mol. The molecule has 1 heterocycles. The lowest BCUT2D eigenvalue weighted by molar-refractivity contribution is 0.579. The second-order valence-electron chi connectivity index (χ2n) is 2.73. The number of hydrogen-bond acceptors (Lipinski definition) is 4. The summed E-state index contributed by atoms with van der Waals surface area (Å²) in [5, 5.41) is 0. The molecule has 0 saturated carbocycles. The number of hydrogen-bond donors (Lipinski definition) is 2. The zero-order chi connectivity index (χ0) is 9.68. The van der Waals surface area contributed by atoms with Gasteiger partial charge >= 0.3 is 0 Å². The third-order valence-corrected chi connectivity index (χ3v) is 3.67. The first-order chi connectivity index (χ1) is 6.26. The van der Waals surface area contributed by atoms with Crippen molar-refractivity contribution in [2.75, 3.05) is 12.0 Å². The monoisotopic (exact) mass is 236 g/mol. The molecule has 1 aromatic rings. The third-order valence-electron chi connectivity index (χ3n) is 1.68. The van der Waals surface area contributed by atoms with Gasteiger partial charge in [0.15, 0.2) is 0 Å². The van der Waals surface area contributed by atoms with E-state index in [1.165, 1.54) is 4.88 Å². The van der Waals surface area contributed by atoms with Crippen molar-refractivity contribution in [3.8, 4) is 0 Å². The molecule has 0 amide bonds. The lowest BCUT2D eigenvalue weighted by Gasteiger charge is -2.12. The van der Waals surface area contributed by atoms with E-state index < -0.39 is 0 Å². The van der Waals surface area contributed by atoms with Crippen LogP contribution in [0.15, 0.2) is 12.1 Å². The molecule has 3 N–H and O–H groups in total. The second-order valence-corrected chi connectivity index (χ2v) is 5.44. The first-order valence-corrected chi connectivity index (χ1v) is 6.54. The summed E-state index contributed by atoms with van der Waals surface area (Å²) in [6.07, 6.45) is 3.03. The Kier molecular flexibility index (Phi) is 5.13. The third kappa shape index (κ3) is 3.87.